The highest BCUT2D eigenvalue weighted by molar-refractivity contribution is 5.28. The second kappa shape index (κ2) is 5.54. The topological polar surface area (TPSA) is 21.3 Å². The lowest BCUT2D eigenvalue weighted by Crippen LogP contribution is -2.36. The molecule has 1 fully saturated rings. The lowest BCUT2D eigenvalue weighted by molar-refractivity contribution is 0.228. The van der Waals surface area contributed by atoms with Crippen LogP contribution in [0, 0.1) is 5.41 Å². The van der Waals surface area contributed by atoms with E-state index in [0.717, 1.165) is 25.4 Å². The second-order valence-electron chi connectivity index (χ2n) is 5.31. The molecule has 2 rings (SSSR count). The van der Waals surface area contributed by atoms with Gasteiger partial charge in [-0.05, 0) is 62.4 Å². The number of nitrogens with one attached hydrogen (secondary N) is 1. The predicted molar refractivity (Wildman–Crippen MR) is 71.5 cm³/mol. The van der Waals surface area contributed by atoms with Crippen LogP contribution in [0.1, 0.15) is 32.3 Å². The quantitative estimate of drug-likeness (QED) is 0.863. The second-order valence-corrected chi connectivity index (χ2v) is 5.31. The molecule has 1 N–H and O–H groups in total. The molecule has 0 unspecified atom stereocenters. The van der Waals surface area contributed by atoms with Gasteiger partial charge < -0.3 is 10.1 Å². The maximum Gasteiger partial charge on any atom is 0.119 e. The number of hydrogen-bond donors (Lipinski definition) is 1. The molecule has 17 heavy (non-hydrogen) atoms. The first-order valence-corrected chi connectivity index (χ1v) is 6.64. The van der Waals surface area contributed by atoms with Gasteiger partial charge in [-0.1, -0.05) is 19.1 Å². The van der Waals surface area contributed by atoms with E-state index in [1.165, 1.54) is 24.8 Å². The summed E-state index contributed by atoms with van der Waals surface area (Å²) in [6, 6.07) is 8.59. The zero-order valence-electron chi connectivity index (χ0n) is 11.0. The van der Waals surface area contributed by atoms with E-state index in [1.807, 2.05) is 6.92 Å². The Morgan fingerprint density at radius 3 is 2.41 bits per heavy atom. The molecule has 0 aromatic heterocycles. The van der Waals surface area contributed by atoms with Crippen molar-refractivity contribution < 1.29 is 4.74 Å². The van der Waals surface area contributed by atoms with Crippen LogP contribution in [0.4, 0.5) is 0 Å². The molecule has 0 amide bonds. The van der Waals surface area contributed by atoms with E-state index in [2.05, 4.69) is 36.5 Å². The largest absolute Gasteiger partial charge is 0.494 e. The number of benzene rings is 1. The molecule has 0 bridgehead atoms. The van der Waals surface area contributed by atoms with Gasteiger partial charge in [-0.3, -0.25) is 0 Å². The molecular weight excluding hydrogens is 210 g/mol. The summed E-state index contributed by atoms with van der Waals surface area (Å²) in [7, 11) is 0. The molecule has 1 saturated heterocycles. The smallest absolute Gasteiger partial charge is 0.119 e. The fraction of sp³-hybridized carbons (Fsp3) is 0.600. The molecule has 2 nitrogen and oxygen atoms in total. The molecule has 1 aliphatic heterocycles. The van der Waals surface area contributed by atoms with Crippen LogP contribution in [0.25, 0.3) is 0 Å². The van der Waals surface area contributed by atoms with Gasteiger partial charge in [0.1, 0.15) is 5.75 Å². The fourth-order valence-electron chi connectivity index (χ4n) is 2.57. The number of ether oxygens (including phenoxy) is 1. The molecule has 94 valence electrons. The molecule has 0 atom stereocenters. The fourth-order valence-corrected chi connectivity index (χ4v) is 2.57. The predicted octanol–water partition coefficient (Wildman–Crippen LogP) is 3.02. The van der Waals surface area contributed by atoms with Crippen LogP contribution in [0.15, 0.2) is 24.3 Å². The molecule has 0 saturated carbocycles. The Bertz CT molecular complexity index is 338. The molecule has 1 heterocycles. The van der Waals surface area contributed by atoms with Crippen molar-refractivity contribution in [3.63, 3.8) is 0 Å². The first kappa shape index (κ1) is 12.4. The van der Waals surface area contributed by atoms with Crippen molar-refractivity contribution in [1.29, 1.82) is 0 Å². The van der Waals surface area contributed by atoms with E-state index >= 15 is 0 Å². The zero-order valence-corrected chi connectivity index (χ0v) is 11.0. The Balaban J connectivity index is 1.97. The van der Waals surface area contributed by atoms with E-state index < -0.39 is 0 Å². The molecule has 1 aromatic rings. The van der Waals surface area contributed by atoms with Crippen LogP contribution in [0.2, 0.25) is 0 Å². The Hall–Kier alpha value is -1.02. The van der Waals surface area contributed by atoms with E-state index in [0.29, 0.717) is 5.41 Å². The van der Waals surface area contributed by atoms with Gasteiger partial charge in [0.25, 0.3) is 0 Å². The minimum Gasteiger partial charge on any atom is -0.494 e. The van der Waals surface area contributed by atoms with Gasteiger partial charge in [-0.25, -0.2) is 0 Å². The van der Waals surface area contributed by atoms with Gasteiger partial charge >= 0.3 is 0 Å². The van der Waals surface area contributed by atoms with Crippen molar-refractivity contribution in [1.82, 2.24) is 5.32 Å². The molecule has 1 aromatic carbocycles. The lowest BCUT2D eigenvalue weighted by Gasteiger charge is -2.34. The molecule has 1 aliphatic rings. The SMILES string of the molecule is CCOc1ccc(CC2(C)CCNCC2)cc1. The van der Waals surface area contributed by atoms with E-state index in [9.17, 15) is 0 Å². The van der Waals surface area contributed by atoms with Crippen LogP contribution < -0.4 is 10.1 Å². The first-order valence-electron chi connectivity index (χ1n) is 6.64. The van der Waals surface area contributed by atoms with Crippen LogP contribution in [-0.2, 0) is 6.42 Å². The van der Waals surface area contributed by atoms with Crippen molar-refractivity contribution in [2.24, 2.45) is 5.41 Å². The molecular formula is C15H23NO. The maximum atomic E-state index is 5.47. The standard InChI is InChI=1S/C15H23NO/c1-3-17-14-6-4-13(5-7-14)12-15(2)8-10-16-11-9-15/h4-7,16H,3,8-12H2,1-2H3. The number of hydrogen-bond acceptors (Lipinski definition) is 2. The van der Waals surface area contributed by atoms with Crippen molar-refractivity contribution in [3.8, 4) is 5.75 Å². The van der Waals surface area contributed by atoms with Gasteiger partial charge in [0.2, 0.25) is 0 Å². The molecule has 0 spiro atoms. The Morgan fingerprint density at radius 1 is 1.18 bits per heavy atom. The highest BCUT2D eigenvalue weighted by Gasteiger charge is 2.26. The van der Waals surface area contributed by atoms with Crippen molar-refractivity contribution in [2.75, 3.05) is 19.7 Å². The summed E-state index contributed by atoms with van der Waals surface area (Å²) in [6.45, 7) is 7.48. The highest BCUT2D eigenvalue weighted by atomic mass is 16.5. The van der Waals surface area contributed by atoms with Gasteiger partial charge in [0.15, 0.2) is 0 Å². The lowest BCUT2D eigenvalue weighted by atomic mass is 9.76. The normalized spacial score (nSPS) is 18.9. The first-order chi connectivity index (χ1) is 8.22. The summed E-state index contributed by atoms with van der Waals surface area (Å²) in [4.78, 5) is 0. The van der Waals surface area contributed by atoms with E-state index in [1.54, 1.807) is 0 Å². The third kappa shape index (κ3) is 3.47. The third-order valence-corrected chi connectivity index (χ3v) is 3.68. The van der Waals surface area contributed by atoms with E-state index in [-0.39, 0.29) is 0 Å². The van der Waals surface area contributed by atoms with Crippen LogP contribution in [0.3, 0.4) is 0 Å². The van der Waals surface area contributed by atoms with Crippen LogP contribution in [-0.4, -0.2) is 19.7 Å². The summed E-state index contributed by atoms with van der Waals surface area (Å²) in [5.74, 6) is 0.978. The van der Waals surface area contributed by atoms with Crippen molar-refractivity contribution in [3.05, 3.63) is 29.8 Å². The zero-order chi connectivity index (χ0) is 12.1. The summed E-state index contributed by atoms with van der Waals surface area (Å²) in [5, 5.41) is 3.43. The summed E-state index contributed by atoms with van der Waals surface area (Å²) < 4.78 is 5.47. The Labute approximate surface area is 104 Å². The molecule has 0 aliphatic carbocycles. The highest BCUT2D eigenvalue weighted by Crippen LogP contribution is 2.32. The minimum absolute atomic E-state index is 0.471. The number of piperidine rings is 1. The van der Waals surface area contributed by atoms with Gasteiger partial charge in [-0.15, -0.1) is 0 Å². The number of rotatable bonds is 4. The van der Waals surface area contributed by atoms with Crippen LogP contribution in [0.5, 0.6) is 5.75 Å². The Morgan fingerprint density at radius 2 is 1.82 bits per heavy atom. The summed E-state index contributed by atoms with van der Waals surface area (Å²) in [6.07, 6.45) is 3.74. The summed E-state index contributed by atoms with van der Waals surface area (Å²) in [5.41, 5.74) is 1.90. The summed E-state index contributed by atoms with van der Waals surface area (Å²) >= 11 is 0. The average molecular weight is 233 g/mol. The van der Waals surface area contributed by atoms with Crippen molar-refractivity contribution in [2.45, 2.75) is 33.1 Å². The molecule has 2 heteroatoms. The van der Waals surface area contributed by atoms with E-state index in [4.69, 9.17) is 4.74 Å². The monoisotopic (exact) mass is 233 g/mol. The average Bonchev–Trinajstić information content (AvgIpc) is 2.33. The third-order valence-electron chi connectivity index (χ3n) is 3.68. The van der Waals surface area contributed by atoms with Gasteiger partial charge in [0, 0.05) is 0 Å². The minimum atomic E-state index is 0.471. The van der Waals surface area contributed by atoms with Crippen LogP contribution >= 0.6 is 0 Å². The maximum absolute atomic E-state index is 5.47. The Kier molecular flexibility index (Phi) is 4.06. The van der Waals surface area contributed by atoms with Gasteiger partial charge in [0.05, 0.1) is 6.61 Å². The van der Waals surface area contributed by atoms with Gasteiger partial charge in [-0.2, -0.15) is 0 Å². The molecule has 0 radical (unpaired) electrons. The van der Waals surface area contributed by atoms with Crippen molar-refractivity contribution >= 4 is 0 Å².